The molecule has 0 bridgehead atoms. The molecule has 2 heteroatoms. The van der Waals surface area contributed by atoms with Crippen molar-refractivity contribution in [1.82, 2.24) is 4.40 Å². The first-order valence-corrected chi connectivity index (χ1v) is 14.1. The van der Waals surface area contributed by atoms with E-state index < -0.39 is 8.07 Å². The van der Waals surface area contributed by atoms with E-state index in [1.165, 1.54) is 43.0 Å². The quantitative estimate of drug-likeness (QED) is 0.241. The number of hydrogen-bond acceptors (Lipinski definition) is 0. The summed E-state index contributed by atoms with van der Waals surface area (Å²) in [6.07, 6.45) is 4.56. The lowest BCUT2D eigenvalue weighted by Crippen LogP contribution is -2.75. The molecule has 0 radical (unpaired) electrons. The van der Waals surface area contributed by atoms with Gasteiger partial charge in [0.2, 0.25) is 0 Å². The minimum Gasteiger partial charge on any atom is -0.323 e. The minimum atomic E-state index is -2.55. The molecule has 6 rings (SSSR count). The lowest BCUT2D eigenvalue weighted by Gasteiger charge is -2.35. The Morgan fingerprint density at radius 2 is 0.943 bits per heavy atom. The number of pyridine rings is 1. The van der Waals surface area contributed by atoms with Gasteiger partial charge in [0.15, 0.2) is 8.07 Å². The van der Waals surface area contributed by atoms with Crippen LogP contribution in [0, 0.1) is 6.92 Å². The fourth-order valence-electron chi connectivity index (χ4n) is 5.49. The van der Waals surface area contributed by atoms with Crippen LogP contribution in [-0.4, -0.2) is 12.5 Å². The molecule has 0 unspecified atom stereocenters. The Balaban J connectivity index is 1.69. The van der Waals surface area contributed by atoms with Crippen molar-refractivity contribution in [2.24, 2.45) is 0 Å². The van der Waals surface area contributed by atoms with Crippen molar-refractivity contribution >= 4 is 34.3 Å². The van der Waals surface area contributed by atoms with Crippen LogP contribution in [0.5, 0.6) is 0 Å². The molecule has 0 fully saturated rings. The fourth-order valence-corrected chi connectivity index (χ4v) is 10.5. The van der Waals surface area contributed by atoms with Crippen LogP contribution in [0.25, 0.3) is 16.6 Å². The summed E-state index contributed by atoms with van der Waals surface area (Å²) in [6.45, 7) is 2.27. The molecule has 2 heterocycles. The molecule has 0 saturated heterocycles. The predicted octanol–water partition coefficient (Wildman–Crippen LogP) is 5.29. The second-order valence-electron chi connectivity index (χ2n) is 9.15. The first-order chi connectivity index (χ1) is 17.3. The van der Waals surface area contributed by atoms with E-state index in [9.17, 15) is 0 Å². The Hall–Kier alpha value is -4.14. The van der Waals surface area contributed by atoms with Gasteiger partial charge in [0, 0.05) is 23.5 Å². The molecule has 0 aliphatic rings. The maximum atomic E-state index is 2.45. The number of nitrogens with zero attached hydrogens (tertiary/aromatic N) is 1. The van der Waals surface area contributed by atoms with Gasteiger partial charge in [-0.3, -0.25) is 0 Å². The average molecular weight is 466 g/mol. The van der Waals surface area contributed by atoms with Crippen LogP contribution in [0.15, 0.2) is 146 Å². The van der Waals surface area contributed by atoms with Crippen molar-refractivity contribution in [3.8, 4) is 11.1 Å². The normalized spacial score (nSPS) is 11.6. The van der Waals surface area contributed by atoms with E-state index in [4.69, 9.17) is 0 Å². The zero-order valence-corrected chi connectivity index (χ0v) is 20.8. The van der Waals surface area contributed by atoms with Gasteiger partial charge in [-0.2, -0.15) is 0 Å². The highest BCUT2D eigenvalue weighted by Gasteiger charge is 2.42. The fraction of sp³-hybridized carbons (Fsp3) is 0.0303. The van der Waals surface area contributed by atoms with Crippen molar-refractivity contribution in [1.29, 1.82) is 0 Å². The minimum absolute atomic E-state index is 1.23. The third kappa shape index (κ3) is 3.63. The number of fused-ring (bicyclic) bond motifs is 1. The second kappa shape index (κ2) is 8.90. The SMILES string of the molecule is Cc1cn2cc(-c3ccccc3)cc2cc1[Si](c1ccccc1)(c1ccccc1)c1ccccc1. The predicted molar refractivity (Wildman–Crippen MR) is 151 cm³/mol. The molecule has 0 atom stereocenters. The third-order valence-corrected chi connectivity index (χ3v) is 12.0. The number of hydrogen-bond donors (Lipinski definition) is 0. The second-order valence-corrected chi connectivity index (χ2v) is 12.9. The van der Waals surface area contributed by atoms with E-state index in [-0.39, 0.29) is 0 Å². The lowest BCUT2D eigenvalue weighted by atomic mass is 10.1. The summed E-state index contributed by atoms with van der Waals surface area (Å²) in [5.41, 5.74) is 5.03. The Kier molecular flexibility index (Phi) is 5.44. The summed E-state index contributed by atoms with van der Waals surface area (Å²) in [5, 5.41) is 5.64. The molecule has 168 valence electrons. The molecule has 0 spiro atoms. The Morgan fingerprint density at radius 3 is 1.43 bits per heavy atom. The van der Waals surface area contributed by atoms with Gasteiger partial charge in [-0.25, -0.2) is 0 Å². The lowest BCUT2D eigenvalue weighted by molar-refractivity contribution is 1.18. The Labute approximate surface area is 208 Å². The molecular weight excluding hydrogens is 438 g/mol. The number of benzene rings is 4. The van der Waals surface area contributed by atoms with Crippen LogP contribution < -0.4 is 20.7 Å². The van der Waals surface area contributed by atoms with Gasteiger partial charge in [0.1, 0.15) is 0 Å². The largest absolute Gasteiger partial charge is 0.323 e. The van der Waals surface area contributed by atoms with Crippen LogP contribution in [0.1, 0.15) is 5.56 Å². The van der Waals surface area contributed by atoms with Crippen LogP contribution in [0.2, 0.25) is 0 Å². The smallest absolute Gasteiger partial charge is 0.180 e. The maximum Gasteiger partial charge on any atom is 0.180 e. The number of aromatic nitrogens is 1. The van der Waals surface area contributed by atoms with Gasteiger partial charge in [0.05, 0.1) is 0 Å². The molecule has 4 aromatic carbocycles. The van der Waals surface area contributed by atoms with E-state index in [2.05, 4.69) is 157 Å². The van der Waals surface area contributed by atoms with Crippen LogP contribution in [-0.2, 0) is 0 Å². The molecule has 0 amide bonds. The average Bonchev–Trinajstić information content (AvgIpc) is 3.34. The first-order valence-electron chi connectivity index (χ1n) is 12.1. The molecule has 0 saturated carbocycles. The highest BCUT2D eigenvalue weighted by Crippen LogP contribution is 2.23. The van der Waals surface area contributed by atoms with Crippen LogP contribution in [0.3, 0.4) is 0 Å². The summed E-state index contributed by atoms with van der Waals surface area (Å²) in [5.74, 6) is 0. The van der Waals surface area contributed by atoms with Crippen LogP contribution in [0.4, 0.5) is 0 Å². The van der Waals surface area contributed by atoms with Gasteiger partial charge in [-0.15, -0.1) is 0 Å². The van der Waals surface area contributed by atoms with Gasteiger partial charge in [-0.05, 0) is 50.9 Å². The molecule has 35 heavy (non-hydrogen) atoms. The summed E-state index contributed by atoms with van der Waals surface area (Å²) >= 11 is 0. The molecule has 0 N–H and O–H groups in total. The highest BCUT2D eigenvalue weighted by atomic mass is 28.3. The van der Waals surface area contributed by atoms with E-state index in [0.717, 1.165) is 0 Å². The summed E-state index contributed by atoms with van der Waals surface area (Å²) in [6, 6.07) is 48.8. The van der Waals surface area contributed by atoms with Crippen molar-refractivity contribution in [3.63, 3.8) is 0 Å². The molecule has 0 aliphatic heterocycles. The molecular formula is C33H27NSi. The zero-order chi connectivity index (χ0) is 23.7. The molecule has 0 aliphatic carbocycles. The molecule has 1 nitrogen and oxygen atoms in total. The van der Waals surface area contributed by atoms with E-state index in [0.29, 0.717) is 0 Å². The van der Waals surface area contributed by atoms with E-state index in [1.54, 1.807) is 0 Å². The standard InChI is InChI=1S/C33H27NSi/c1-26-24-34-25-28(27-14-6-2-7-15-27)22-29(34)23-33(26)35(30-16-8-3-9-17-30,31-18-10-4-11-19-31)32-20-12-5-13-21-32/h2-25H,1H3. The van der Waals surface area contributed by atoms with Gasteiger partial charge < -0.3 is 4.40 Å². The number of rotatable bonds is 5. The Morgan fingerprint density at radius 1 is 0.486 bits per heavy atom. The summed E-state index contributed by atoms with van der Waals surface area (Å²) < 4.78 is 2.28. The summed E-state index contributed by atoms with van der Waals surface area (Å²) in [4.78, 5) is 0. The zero-order valence-electron chi connectivity index (χ0n) is 19.8. The van der Waals surface area contributed by atoms with E-state index in [1.807, 2.05) is 0 Å². The van der Waals surface area contributed by atoms with Crippen molar-refractivity contribution < 1.29 is 0 Å². The van der Waals surface area contributed by atoms with Crippen molar-refractivity contribution in [2.45, 2.75) is 6.92 Å². The van der Waals surface area contributed by atoms with Gasteiger partial charge >= 0.3 is 0 Å². The van der Waals surface area contributed by atoms with Crippen LogP contribution >= 0.6 is 0 Å². The molecule has 2 aromatic heterocycles. The third-order valence-electron chi connectivity index (χ3n) is 7.06. The Bertz CT molecular complexity index is 1470. The van der Waals surface area contributed by atoms with Crippen molar-refractivity contribution in [3.05, 3.63) is 151 Å². The highest BCUT2D eigenvalue weighted by molar-refractivity contribution is 7.20. The monoisotopic (exact) mass is 465 g/mol. The van der Waals surface area contributed by atoms with E-state index >= 15 is 0 Å². The number of aryl methyl sites for hydroxylation is 1. The topological polar surface area (TPSA) is 4.41 Å². The maximum absolute atomic E-state index is 2.55. The molecule has 6 aromatic rings. The van der Waals surface area contributed by atoms with Gasteiger partial charge in [-0.1, -0.05) is 121 Å². The first kappa shape index (κ1) is 21.4. The van der Waals surface area contributed by atoms with Crippen molar-refractivity contribution in [2.75, 3.05) is 0 Å². The van der Waals surface area contributed by atoms with Gasteiger partial charge in [0.25, 0.3) is 0 Å². The summed E-state index contributed by atoms with van der Waals surface area (Å²) in [7, 11) is -2.55.